The third-order valence-corrected chi connectivity index (χ3v) is 4.46. The highest BCUT2D eigenvalue weighted by Gasteiger charge is 2.51. The number of hydrogen-bond acceptors (Lipinski definition) is 4. The number of rotatable bonds is 3. The molecule has 112 valence electrons. The molecule has 2 aliphatic rings. The van der Waals surface area contributed by atoms with Gasteiger partial charge >= 0.3 is 6.03 Å². The highest BCUT2D eigenvalue weighted by atomic mass is 16.2. The molecule has 0 unspecified atom stereocenters. The quantitative estimate of drug-likeness (QED) is 0.820. The number of hydrogen-bond donors (Lipinski definition) is 2. The van der Waals surface area contributed by atoms with Crippen LogP contribution in [0.1, 0.15) is 43.4 Å². The van der Waals surface area contributed by atoms with Gasteiger partial charge < -0.3 is 11.1 Å². The van der Waals surface area contributed by atoms with Gasteiger partial charge in [0.05, 0.1) is 12.2 Å². The molecule has 3 rings (SSSR count). The van der Waals surface area contributed by atoms with Crippen molar-refractivity contribution in [3.8, 4) is 0 Å². The van der Waals surface area contributed by atoms with Crippen molar-refractivity contribution >= 4 is 11.9 Å². The molecule has 3 amide bonds. The average Bonchev–Trinajstić information content (AvgIpc) is 2.73. The minimum Gasteiger partial charge on any atom is -0.325 e. The van der Waals surface area contributed by atoms with Crippen LogP contribution in [0, 0.1) is 0 Å². The van der Waals surface area contributed by atoms with Gasteiger partial charge in [-0.15, -0.1) is 0 Å². The van der Waals surface area contributed by atoms with E-state index in [4.69, 9.17) is 5.73 Å². The molecule has 0 radical (unpaired) electrons. The second-order valence-corrected chi connectivity index (χ2v) is 5.78. The molecule has 1 saturated carbocycles. The van der Waals surface area contributed by atoms with Crippen LogP contribution >= 0.6 is 0 Å². The molecule has 1 spiro atoms. The highest BCUT2D eigenvalue weighted by Crippen LogP contribution is 2.34. The molecular weight excluding hydrogens is 268 g/mol. The molecule has 2 fully saturated rings. The molecule has 3 N–H and O–H groups in total. The Hall–Kier alpha value is -1.95. The Morgan fingerprint density at radius 3 is 2.76 bits per heavy atom. The van der Waals surface area contributed by atoms with Gasteiger partial charge in [-0.25, -0.2) is 4.79 Å². The van der Waals surface area contributed by atoms with Crippen molar-refractivity contribution in [3.63, 3.8) is 0 Å². The first-order valence-electron chi connectivity index (χ1n) is 7.43. The minimum atomic E-state index is -0.666. The van der Waals surface area contributed by atoms with Crippen LogP contribution in [0.25, 0.3) is 0 Å². The maximum absolute atomic E-state index is 12.7. The Bertz CT molecular complexity index is 567. The predicted octanol–water partition coefficient (Wildman–Crippen LogP) is 1.29. The maximum Gasteiger partial charge on any atom is 0.325 e. The van der Waals surface area contributed by atoms with Crippen molar-refractivity contribution in [1.29, 1.82) is 0 Å². The lowest BCUT2D eigenvalue weighted by molar-refractivity contribution is -0.132. The van der Waals surface area contributed by atoms with E-state index in [1.165, 1.54) is 4.90 Å². The average molecular weight is 288 g/mol. The summed E-state index contributed by atoms with van der Waals surface area (Å²) in [5.41, 5.74) is 6.55. The van der Waals surface area contributed by atoms with Gasteiger partial charge in [-0.3, -0.25) is 14.7 Å². The molecule has 6 nitrogen and oxygen atoms in total. The Morgan fingerprint density at radius 1 is 1.29 bits per heavy atom. The topological polar surface area (TPSA) is 88.3 Å². The second kappa shape index (κ2) is 5.44. The standard InChI is InChI=1S/C15H20N4O2/c16-9-12-11(5-4-8-17-12)10-19-13(20)15(18-14(19)21)6-2-1-3-7-15/h4-5,8H,1-3,6-7,9-10,16H2,(H,18,21). The Morgan fingerprint density at radius 2 is 2.05 bits per heavy atom. The van der Waals surface area contributed by atoms with Crippen molar-refractivity contribution in [2.45, 2.75) is 50.7 Å². The van der Waals surface area contributed by atoms with Gasteiger partial charge in [0.15, 0.2) is 0 Å². The normalized spacial score (nSPS) is 20.9. The van der Waals surface area contributed by atoms with E-state index in [-0.39, 0.29) is 18.5 Å². The summed E-state index contributed by atoms with van der Waals surface area (Å²) in [5.74, 6) is -0.0981. The van der Waals surface area contributed by atoms with Gasteiger partial charge in [-0.1, -0.05) is 25.3 Å². The number of nitrogens with one attached hydrogen (secondary N) is 1. The number of carbonyl (C=O) groups excluding carboxylic acids is 2. The molecule has 1 aromatic heterocycles. The van der Waals surface area contributed by atoms with Crippen molar-refractivity contribution in [3.05, 3.63) is 29.6 Å². The van der Waals surface area contributed by atoms with Gasteiger partial charge in [0.1, 0.15) is 5.54 Å². The Labute approximate surface area is 123 Å². The second-order valence-electron chi connectivity index (χ2n) is 5.78. The zero-order chi connectivity index (χ0) is 14.9. The van der Waals surface area contributed by atoms with Crippen LogP contribution in [0.15, 0.2) is 18.3 Å². The predicted molar refractivity (Wildman–Crippen MR) is 77.0 cm³/mol. The number of pyridine rings is 1. The molecule has 0 aromatic carbocycles. The summed E-state index contributed by atoms with van der Waals surface area (Å²) in [6.45, 7) is 0.539. The van der Waals surface area contributed by atoms with E-state index in [0.29, 0.717) is 6.54 Å². The van der Waals surface area contributed by atoms with E-state index in [0.717, 1.165) is 43.4 Å². The van der Waals surface area contributed by atoms with Gasteiger partial charge in [0.25, 0.3) is 5.91 Å². The summed E-state index contributed by atoms with van der Waals surface area (Å²) in [6.07, 6.45) is 6.25. The Balaban J connectivity index is 1.82. The van der Waals surface area contributed by atoms with Crippen LogP contribution in [0.4, 0.5) is 4.79 Å². The first-order valence-corrected chi connectivity index (χ1v) is 7.43. The van der Waals surface area contributed by atoms with E-state index in [2.05, 4.69) is 10.3 Å². The van der Waals surface area contributed by atoms with Gasteiger partial charge in [0.2, 0.25) is 0 Å². The maximum atomic E-state index is 12.7. The van der Waals surface area contributed by atoms with E-state index in [9.17, 15) is 9.59 Å². The van der Waals surface area contributed by atoms with Crippen LogP contribution in [0.2, 0.25) is 0 Å². The molecular formula is C15H20N4O2. The summed E-state index contributed by atoms with van der Waals surface area (Å²) in [6, 6.07) is 3.36. The number of aromatic nitrogens is 1. The van der Waals surface area contributed by atoms with Crippen LogP contribution in [-0.4, -0.2) is 27.4 Å². The summed E-state index contributed by atoms with van der Waals surface area (Å²) in [4.78, 5) is 30.4. The van der Waals surface area contributed by atoms with E-state index < -0.39 is 5.54 Å². The van der Waals surface area contributed by atoms with E-state index in [1.54, 1.807) is 12.3 Å². The van der Waals surface area contributed by atoms with Crippen molar-refractivity contribution in [2.75, 3.05) is 0 Å². The first kappa shape index (κ1) is 14.0. The lowest BCUT2D eigenvalue weighted by Gasteiger charge is -2.30. The summed E-state index contributed by atoms with van der Waals surface area (Å²) in [7, 11) is 0. The first-order chi connectivity index (χ1) is 10.2. The molecule has 1 aliphatic carbocycles. The Kier molecular flexibility index (Phi) is 3.63. The summed E-state index contributed by atoms with van der Waals surface area (Å²) in [5, 5.41) is 2.91. The van der Waals surface area contributed by atoms with E-state index >= 15 is 0 Å². The number of nitrogens with zero attached hydrogens (tertiary/aromatic N) is 2. The lowest BCUT2D eigenvalue weighted by Crippen LogP contribution is -2.48. The molecule has 0 atom stereocenters. The SMILES string of the molecule is NCc1ncccc1CN1C(=O)NC2(CCCCC2)C1=O. The third-order valence-electron chi connectivity index (χ3n) is 4.46. The zero-order valence-corrected chi connectivity index (χ0v) is 12.0. The fourth-order valence-electron chi connectivity index (χ4n) is 3.28. The fourth-order valence-corrected chi connectivity index (χ4v) is 3.28. The van der Waals surface area contributed by atoms with E-state index in [1.807, 2.05) is 6.07 Å². The van der Waals surface area contributed by atoms with Gasteiger partial charge in [-0.2, -0.15) is 0 Å². The van der Waals surface area contributed by atoms with Crippen molar-refractivity contribution in [1.82, 2.24) is 15.2 Å². The highest BCUT2D eigenvalue weighted by molar-refractivity contribution is 6.07. The number of imide groups is 1. The van der Waals surface area contributed by atoms with Crippen LogP contribution < -0.4 is 11.1 Å². The number of nitrogens with two attached hydrogens (primary N) is 1. The number of carbonyl (C=O) groups is 2. The monoisotopic (exact) mass is 288 g/mol. The smallest absolute Gasteiger partial charge is 0.325 e. The lowest BCUT2D eigenvalue weighted by atomic mass is 9.82. The summed E-state index contributed by atoms with van der Waals surface area (Å²) < 4.78 is 0. The molecule has 1 aromatic rings. The van der Waals surface area contributed by atoms with Crippen LogP contribution in [0.3, 0.4) is 0 Å². The number of amides is 3. The summed E-state index contributed by atoms with van der Waals surface area (Å²) >= 11 is 0. The van der Waals surface area contributed by atoms with Gasteiger partial charge in [-0.05, 0) is 24.5 Å². The largest absolute Gasteiger partial charge is 0.325 e. The van der Waals surface area contributed by atoms with Crippen LogP contribution in [-0.2, 0) is 17.9 Å². The molecule has 6 heteroatoms. The fraction of sp³-hybridized carbons (Fsp3) is 0.533. The zero-order valence-electron chi connectivity index (χ0n) is 12.0. The van der Waals surface area contributed by atoms with Crippen molar-refractivity contribution < 1.29 is 9.59 Å². The molecule has 0 bridgehead atoms. The molecule has 2 heterocycles. The molecule has 21 heavy (non-hydrogen) atoms. The minimum absolute atomic E-state index is 0.0981. The molecule has 1 saturated heterocycles. The number of urea groups is 1. The third kappa shape index (κ3) is 2.40. The van der Waals surface area contributed by atoms with Crippen LogP contribution in [0.5, 0.6) is 0 Å². The van der Waals surface area contributed by atoms with Gasteiger partial charge in [0, 0.05) is 12.7 Å². The molecule has 1 aliphatic heterocycles. The van der Waals surface area contributed by atoms with Crippen molar-refractivity contribution in [2.24, 2.45) is 5.73 Å².